The maximum absolute atomic E-state index is 14.2. The first-order valence-corrected chi connectivity index (χ1v) is 7.39. The van der Waals surface area contributed by atoms with Gasteiger partial charge in [-0.25, -0.2) is 23.7 Å². The number of aromatic nitrogens is 4. The van der Waals surface area contributed by atoms with E-state index in [1.807, 2.05) is 30.3 Å². The molecule has 0 aliphatic rings. The monoisotopic (exact) mass is 322 g/mol. The van der Waals surface area contributed by atoms with Crippen molar-refractivity contribution in [3.63, 3.8) is 0 Å². The lowest BCUT2D eigenvalue weighted by Gasteiger charge is -2.09. The van der Waals surface area contributed by atoms with Crippen molar-refractivity contribution >= 4 is 11.2 Å². The predicted molar refractivity (Wildman–Crippen MR) is 86.2 cm³/mol. The fraction of sp³-hybridized carbons (Fsp3) is 0.0556. The quantitative estimate of drug-likeness (QED) is 0.576. The summed E-state index contributed by atoms with van der Waals surface area (Å²) in [5, 5.41) is 0. The number of halogens is 2. The molecule has 0 radical (unpaired) electrons. The van der Waals surface area contributed by atoms with Crippen LogP contribution in [0.2, 0.25) is 0 Å². The summed E-state index contributed by atoms with van der Waals surface area (Å²) in [6.07, 6.45) is 2.64. The summed E-state index contributed by atoms with van der Waals surface area (Å²) in [6.45, 7) is 0.460. The lowest BCUT2D eigenvalue weighted by Crippen LogP contribution is -2.05. The molecule has 0 amide bonds. The van der Waals surface area contributed by atoms with Gasteiger partial charge in [0.2, 0.25) is 0 Å². The fourth-order valence-corrected chi connectivity index (χ4v) is 2.63. The molecule has 24 heavy (non-hydrogen) atoms. The number of rotatable bonds is 3. The van der Waals surface area contributed by atoms with Crippen LogP contribution in [-0.4, -0.2) is 19.5 Å². The van der Waals surface area contributed by atoms with E-state index in [2.05, 4.69) is 15.0 Å². The van der Waals surface area contributed by atoms with Gasteiger partial charge in [0.1, 0.15) is 17.0 Å². The first-order valence-electron chi connectivity index (χ1n) is 7.39. The molecule has 0 fully saturated rings. The zero-order valence-corrected chi connectivity index (χ0v) is 12.5. The molecule has 0 unspecified atom stereocenters. The average Bonchev–Trinajstić information content (AvgIpc) is 2.94. The molecular weight excluding hydrogens is 310 g/mol. The third kappa shape index (κ3) is 2.52. The molecular formula is C18H12F2N4. The van der Waals surface area contributed by atoms with E-state index in [4.69, 9.17) is 0 Å². The second-order valence-electron chi connectivity index (χ2n) is 5.34. The Hall–Kier alpha value is -3.15. The first-order chi connectivity index (χ1) is 11.7. The second kappa shape index (κ2) is 5.81. The van der Waals surface area contributed by atoms with E-state index in [1.54, 1.807) is 22.9 Å². The number of hydrogen-bond acceptors (Lipinski definition) is 3. The Bertz CT molecular complexity index is 1010. The van der Waals surface area contributed by atoms with Crippen LogP contribution < -0.4 is 0 Å². The molecule has 6 heteroatoms. The highest BCUT2D eigenvalue weighted by molar-refractivity contribution is 5.76. The van der Waals surface area contributed by atoms with Crippen molar-refractivity contribution < 1.29 is 8.78 Å². The molecule has 4 nitrogen and oxygen atoms in total. The van der Waals surface area contributed by atoms with Crippen molar-refractivity contribution in [3.05, 3.63) is 78.1 Å². The minimum Gasteiger partial charge on any atom is -0.303 e. The van der Waals surface area contributed by atoms with Crippen LogP contribution in [0.5, 0.6) is 0 Å². The molecule has 0 spiro atoms. The molecule has 4 rings (SSSR count). The maximum atomic E-state index is 14.2. The molecule has 0 saturated heterocycles. The second-order valence-corrected chi connectivity index (χ2v) is 5.34. The smallest absolute Gasteiger partial charge is 0.164 e. The van der Waals surface area contributed by atoms with Gasteiger partial charge in [-0.3, -0.25) is 0 Å². The summed E-state index contributed by atoms with van der Waals surface area (Å²) in [6, 6.07) is 14.1. The number of nitrogens with zero attached hydrogens (tertiary/aromatic N) is 4. The number of imidazole rings is 1. The van der Waals surface area contributed by atoms with E-state index < -0.39 is 11.6 Å². The first kappa shape index (κ1) is 14.4. The van der Waals surface area contributed by atoms with Gasteiger partial charge in [0.05, 0.1) is 12.7 Å². The summed E-state index contributed by atoms with van der Waals surface area (Å²) in [5.74, 6) is -1.15. The van der Waals surface area contributed by atoms with Crippen LogP contribution in [0.1, 0.15) is 5.56 Å². The van der Waals surface area contributed by atoms with Crippen molar-refractivity contribution in [2.75, 3.05) is 0 Å². The van der Waals surface area contributed by atoms with Crippen LogP contribution in [0, 0.1) is 11.6 Å². The van der Waals surface area contributed by atoms with E-state index in [1.165, 1.54) is 0 Å². The van der Waals surface area contributed by atoms with E-state index in [0.29, 0.717) is 23.5 Å². The Kier molecular flexibility index (Phi) is 3.49. The van der Waals surface area contributed by atoms with Gasteiger partial charge >= 0.3 is 0 Å². The molecule has 0 aliphatic heterocycles. The molecule has 4 aromatic rings. The Morgan fingerprint density at radius 3 is 2.58 bits per heavy atom. The zero-order chi connectivity index (χ0) is 16.5. The van der Waals surface area contributed by atoms with Crippen molar-refractivity contribution in [2.24, 2.45) is 0 Å². The number of fused-ring (bicyclic) bond motifs is 1. The van der Waals surface area contributed by atoms with Gasteiger partial charge in [0, 0.05) is 12.3 Å². The molecule has 0 aliphatic carbocycles. The van der Waals surface area contributed by atoms with Crippen LogP contribution >= 0.6 is 0 Å². The van der Waals surface area contributed by atoms with Crippen molar-refractivity contribution in [1.82, 2.24) is 19.5 Å². The van der Waals surface area contributed by atoms with Crippen LogP contribution in [0.15, 0.2) is 60.9 Å². The molecule has 3 heterocycles. The summed E-state index contributed by atoms with van der Waals surface area (Å²) in [5.41, 5.74) is 2.28. The summed E-state index contributed by atoms with van der Waals surface area (Å²) in [4.78, 5) is 12.7. The van der Waals surface area contributed by atoms with Gasteiger partial charge < -0.3 is 4.57 Å². The summed E-state index contributed by atoms with van der Waals surface area (Å²) < 4.78 is 29.2. The van der Waals surface area contributed by atoms with Crippen molar-refractivity contribution in [1.29, 1.82) is 0 Å². The molecule has 0 atom stereocenters. The SMILES string of the molecule is Fc1cnc(-c2nc3cccnc3n2Cc2ccccc2)c(F)c1. The Labute approximate surface area is 136 Å². The molecule has 0 N–H and O–H groups in total. The van der Waals surface area contributed by atoms with Gasteiger partial charge in [-0.15, -0.1) is 0 Å². The van der Waals surface area contributed by atoms with E-state index in [-0.39, 0.29) is 5.69 Å². The third-order valence-electron chi connectivity index (χ3n) is 3.71. The normalized spacial score (nSPS) is 11.1. The molecule has 0 saturated carbocycles. The van der Waals surface area contributed by atoms with E-state index in [0.717, 1.165) is 17.8 Å². The van der Waals surface area contributed by atoms with Gasteiger partial charge in [0.15, 0.2) is 17.3 Å². The average molecular weight is 322 g/mol. The largest absolute Gasteiger partial charge is 0.303 e. The molecule has 118 valence electrons. The third-order valence-corrected chi connectivity index (χ3v) is 3.71. The number of benzene rings is 1. The summed E-state index contributed by atoms with van der Waals surface area (Å²) >= 11 is 0. The molecule has 1 aromatic carbocycles. The van der Waals surface area contributed by atoms with E-state index >= 15 is 0 Å². The van der Waals surface area contributed by atoms with Gasteiger partial charge in [-0.1, -0.05) is 30.3 Å². The zero-order valence-electron chi connectivity index (χ0n) is 12.5. The fourth-order valence-electron chi connectivity index (χ4n) is 2.63. The Morgan fingerprint density at radius 2 is 1.79 bits per heavy atom. The molecule has 3 aromatic heterocycles. The van der Waals surface area contributed by atoms with Crippen LogP contribution in [-0.2, 0) is 6.54 Å². The van der Waals surface area contributed by atoms with Crippen LogP contribution in [0.3, 0.4) is 0 Å². The highest BCUT2D eigenvalue weighted by atomic mass is 19.1. The standard InChI is InChI=1S/C18H12F2N4/c19-13-9-14(20)16(22-10-13)18-23-15-7-4-8-21-17(15)24(18)11-12-5-2-1-3-6-12/h1-10H,11H2. The lowest BCUT2D eigenvalue weighted by atomic mass is 10.2. The minimum atomic E-state index is -0.750. The van der Waals surface area contributed by atoms with Crippen LogP contribution in [0.25, 0.3) is 22.7 Å². The van der Waals surface area contributed by atoms with Crippen molar-refractivity contribution in [3.8, 4) is 11.5 Å². The Balaban J connectivity index is 1.93. The van der Waals surface area contributed by atoms with Gasteiger partial charge in [0.25, 0.3) is 0 Å². The predicted octanol–water partition coefficient (Wildman–Crippen LogP) is 3.82. The molecule has 0 bridgehead atoms. The van der Waals surface area contributed by atoms with E-state index in [9.17, 15) is 8.78 Å². The lowest BCUT2D eigenvalue weighted by molar-refractivity contribution is 0.574. The van der Waals surface area contributed by atoms with Crippen molar-refractivity contribution in [2.45, 2.75) is 6.54 Å². The highest BCUT2D eigenvalue weighted by Gasteiger charge is 2.18. The highest BCUT2D eigenvalue weighted by Crippen LogP contribution is 2.25. The minimum absolute atomic E-state index is 0.00494. The van der Waals surface area contributed by atoms with Crippen LogP contribution in [0.4, 0.5) is 8.78 Å². The summed E-state index contributed by atoms with van der Waals surface area (Å²) in [7, 11) is 0. The Morgan fingerprint density at radius 1 is 0.958 bits per heavy atom. The topological polar surface area (TPSA) is 43.6 Å². The van der Waals surface area contributed by atoms with Gasteiger partial charge in [-0.2, -0.15) is 0 Å². The number of pyridine rings is 2. The maximum Gasteiger partial charge on any atom is 0.164 e. The van der Waals surface area contributed by atoms with Gasteiger partial charge in [-0.05, 0) is 17.7 Å². The number of hydrogen-bond donors (Lipinski definition) is 0.